The lowest BCUT2D eigenvalue weighted by molar-refractivity contribution is 0.252. The fourth-order valence-electron chi connectivity index (χ4n) is 2.70. The first-order valence-electron chi connectivity index (χ1n) is 7.46. The molecule has 0 radical (unpaired) electrons. The second-order valence-corrected chi connectivity index (χ2v) is 8.45. The van der Waals surface area contributed by atoms with Gasteiger partial charge in [-0.25, -0.2) is 13.4 Å². The summed E-state index contributed by atoms with van der Waals surface area (Å²) in [4.78, 5) is 4.11. The molecule has 1 unspecified atom stereocenters. The van der Waals surface area contributed by atoms with Crippen LogP contribution in [0.4, 0.5) is 5.69 Å². The van der Waals surface area contributed by atoms with Crippen molar-refractivity contribution in [3.8, 4) is 0 Å². The quantitative estimate of drug-likeness (QED) is 0.928. The van der Waals surface area contributed by atoms with Gasteiger partial charge in [-0.1, -0.05) is 20.8 Å². The Kier molecular flexibility index (Phi) is 4.58. The minimum absolute atomic E-state index is 0.124. The molecule has 2 heterocycles. The first-order valence-corrected chi connectivity index (χ1v) is 8.90. The van der Waals surface area contributed by atoms with Gasteiger partial charge in [-0.3, -0.25) is 0 Å². The highest BCUT2D eigenvalue weighted by atomic mass is 32.2. The number of nitrogens with zero attached hydrogens (tertiary/aromatic N) is 2. The van der Waals surface area contributed by atoms with Crippen LogP contribution in [-0.4, -0.2) is 37.3 Å². The Morgan fingerprint density at radius 1 is 1.43 bits per heavy atom. The van der Waals surface area contributed by atoms with E-state index in [1.165, 1.54) is 6.20 Å². The van der Waals surface area contributed by atoms with Crippen molar-refractivity contribution in [2.24, 2.45) is 11.3 Å². The summed E-state index contributed by atoms with van der Waals surface area (Å²) in [6, 6.07) is 3.51. The van der Waals surface area contributed by atoms with Gasteiger partial charge in [-0.05, 0) is 36.8 Å². The summed E-state index contributed by atoms with van der Waals surface area (Å²) < 4.78 is 27.2. The van der Waals surface area contributed by atoms with Crippen molar-refractivity contribution in [3.63, 3.8) is 0 Å². The molecule has 0 bridgehead atoms. The van der Waals surface area contributed by atoms with Crippen LogP contribution in [-0.2, 0) is 10.0 Å². The maximum absolute atomic E-state index is 12.8. The van der Waals surface area contributed by atoms with Crippen molar-refractivity contribution in [1.82, 2.24) is 9.29 Å². The van der Waals surface area contributed by atoms with Gasteiger partial charge in [0.15, 0.2) is 5.03 Å². The molecule has 1 atom stereocenters. The number of sulfonamides is 1. The molecule has 0 aliphatic carbocycles. The average Bonchev–Trinajstić information content (AvgIpc) is 2.90. The molecule has 1 aromatic heterocycles. The van der Waals surface area contributed by atoms with E-state index < -0.39 is 10.0 Å². The van der Waals surface area contributed by atoms with Crippen LogP contribution in [0.15, 0.2) is 23.4 Å². The van der Waals surface area contributed by atoms with E-state index in [-0.39, 0.29) is 10.4 Å². The molecule has 0 saturated carbocycles. The molecular formula is C15H25N3O2S. The van der Waals surface area contributed by atoms with Crippen molar-refractivity contribution >= 4 is 15.7 Å². The third-order valence-electron chi connectivity index (χ3n) is 4.10. The monoisotopic (exact) mass is 311 g/mol. The highest BCUT2D eigenvalue weighted by Crippen LogP contribution is 2.36. The van der Waals surface area contributed by atoms with Crippen LogP contribution in [0.25, 0.3) is 0 Å². The Labute approximate surface area is 127 Å². The standard InChI is InChI=1S/C15H25N3O2S/c1-5-16-13-7-6-9-17-14(13)21(19,20)18-10-8-12(11-18)15(2,3)4/h6-7,9,12,16H,5,8,10-11H2,1-4H3. The van der Waals surface area contributed by atoms with Crippen LogP contribution < -0.4 is 5.32 Å². The van der Waals surface area contributed by atoms with Crippen molar-refractivity contribution in [2.45, 2.75) is 39.1 Å². The largest absolute Gasteiger partial charge is 0.383 e. The lowest BCUT2D eigenvalue weighted by Crippen LogP contribution is -2.32. The molecule has 1 N–H and O–H groups in total. The van der Waals surface area contributed by atoms with Gasteiger partial charge in [-0.2, -0.15) is 4.31 Å². The van der Waals surface area contributed by atoms with Crippen LogP contribution >= 0.6 is 0 Å². The lowest BCUT2D eigenvalue weighted by atomic mass is 9.80. The summed E-state index contributed by atoms with van der Waals surface area (Å²) in [6.07, 6.45) is 2.44. The fourth-order valence-corrected chi connectivity index (χ4v) is 4.28. The molecule has 1 aromatic rings. The first-order chi connectivity index (χ1) is 9.76. The van der Waals surface area contributed by atoms with Gasteiger partial charge in [0, 0.05) is 25.8 Å². The Morgan fingerprint density at radius 2 is 2.14 bits per heavy atom. The number of hydrogen-bond acceptors (Lipinski definition) is 4. The molecule has 118 valence electrons. The van der Waals surface area contributed by atoms with E-state index in [4.69, 9.17) is 0 Å². The van der Waals surface area contributed by atoms with E-state index in [1.54, 1.807) is 16.4 Å². The summed E-state index contributed by atoms with van der Waals surface area (Å²) in [6.45, 7) is 10.3. The molecule has 5 nitrogen and oxygen atoms in total. The number of hydrogen-bond donors (Lipinski definition) is 1. The Bertz CT molecular complexity index is 593. The van der Waals surface area contributed by atoms with Gasteiger partial charge >= 0.3 is 0 Å². The number of aromatic nitrogens is 1. The smallest absolute Gasteiger partial charge is 0.262 e. The lowest BCUT2D eigenvalue weighted by Gasteiger charge is -2.27. The van der Waals surface area contributed by atoms with Gasteiger partial charge < -0.3 is 5.32 Å². The number of pyridine rings is 1. The minimum Gasteiger partial charge on any atom is -0.383 e. The number of nitrogens with one attached hydrogen (secondary N) is 1. The third kappa shape index (κ3) is 3.37. The molecule has 0 amide bonds. The zero-order valence-electron chi connectivity index (χ0n) is 13.3. The second kappa shape index (κ2) is 5.93. The summed E-state index contributed by atoms with van der Waals surface area (Å²) >= 11 is 0. The van der Waals surface area contributed by atoms with Gasteiger partial charge in [-0.15, -0.1) is 0 Å². The second-order valence-electron chi connectivity index (χ2n) is 6.60. The summed E-state index contributed by atoms with van der Waals surface area (Å²) in [5.74, 6) is 0.388. The molecule has 21 heavy (non-hydrogen) atoms. The van der Waals surface area contributed by atoms with Crippen molar-refractivity contribution in [3.05, 3.63) is 18.3 Å². The van der Waals surface area contributed by atoms with Crippen LogP contribution in [0.5, 0.6) is 0 Å². The Morgan fingerprint density at radius 3 is 2.71 bits per heavy atom. The molecule has 1 aliphatic heterocycles. The van der Waals surface area contributed by atoms with E-state index in [0.29, 0.717) is 31.2 Å². The van der Waals surface area contributed by atoms with Crippen molar-refractivity contribution in [2.75, 3.05) is 25.0 Å². The van der Waals surface area contributed by atoms with Crippen LogP contribution in [0, 0.1) is 11.3 Å². The predicted molar refractivity (Wildman–Crippen MR) is 84.7 cm³/mol. The van der Waals surface area contributed by atoms with E-state index >= 15 is 0 Å². The normalized spacial score (nSPS) is 20.7. The molecule has 1 saturated heterocycles. The summed E-state index contributed by atoms with van der Waals surface area (Å²) in [5.41, 5.74) is 0.706. The molecule has 1 fully saturated rings. The fraction of sp³-hybridized carbons (Fsp3) is 0.667. The zero-order valence-corrected chi connectivity index (χ0v) is 14.1. The molecule has 0 aromatic carbocycles. The predicted octanol–water partition coefficient (Wildman–Crippen LogP) is 2.57. The van der Waals surface area contributed by atoms with Crippen molar-refractivity contribution < 1.29 is 8.42 Å². The molecule has 2 rings (SSSR count). The Hall–Kier alpha value is -1.14. The molecule has 1 aliphatic rings. The van der Waals surface area contributed by atoms with Gasteiger partial charge in [0.1, 0.15) is 0 Å². The highest BCUT2D eigenvalue weighted by Gasteiger charge is 2.38. The SMILES string of the molecule is CCNc1cccnc1S(=O)(=O)N1CCC(C(C)(C)C)C1. The van der Waals surface area contributed by atoms with E-state index in [2.05, 4.69) is 31.1 Å². The van der Waals surface area contributed by atoms with E-state index in [9.17, 15) is 8.42 Å². The van der Waals surface area contributed by atoms with Crippen LogP contribution in [0.2, 0.25) is 0 Å². The summed E-state index contributed by atoms with van der Waals surface area (Å²) in [5, 5.41) is 3.22. The first kappa shape index (κ1) is 16.2. The van der Waals surface area contributed by atoms with Crippen LogP contribution in [0.3, 0.4) is 0 Å². The maximum Gasteiger partial charge on any atom is 0.262 e. The number of anilines is 1. The maximum atomic E-state index is 12.8. The average molecular weight is 311 g/mol. The van der Waals surface area contributed by atoms with Gasteiger partial charge in [0.25, 0.3) is 10.0 Å². The molecular weight excluding hydrogens is 286 g/mol. The summed E-state index contributed by atoms with van der Waals surface area (Å²) in [7, 11) is -3.53. The topological polar surface area (TPSA) is 62.3 Å². The van der Waals surface area contributed by atoms with E-state index in [1.807, 2.05) is 6.92 Å². The molecule has 6 heteroatoms. The van der Waals surface area contributed by atoms with Crippen LogP contribution in [0.1, 0.15) is 34.1 Å². The van der Waals surface area contributed by atoms with Gasteiger partial charge in [0.2, 0.25) is 0 Å². The number of rotatable bonds is 4. The van der Waals surface area contributed by atoms with Crippen molar-refractivity contribution in [1.29, 1.82) is 0 Å². The zero-order chi connectivity index (χ0) is 15.7. The van der Waals surface area contributed by atoms with Gasteiger partial charge in [0.05, 0.1) is 5.69 Å². The van der Waals surface area contributed by atoms with E-state index in [0.717, 1.165) is 6.42 Å². The third-order valence-corrected chi connectivity index (χ3v) is 5.92. The minimum atomic E-state index is -3.53. The Balaban J connectivity index is 2.28. The molecule has 0 spiro atoms. The highest BCUT2D eigenvalue weighted by molar-refractivity contribution is 7.89.